The molecule has 0 fully saturated rings. The van der Waals surface area contributed by atoms with Crippen molar-refractivity contribution in [3.8, 4) is 0 Å². The van der Waals surface area contributed by atoms with Crippen LogP contribution in [0.3, 0.4) is 0 Å². The maximum atomic E-state index is 12.3. The van der Waals surface area contributed by atoms with E-state index in [1.807, 2.05) is 24.3 Å². The molecule has 1 aromatic heterocycles. The molecule has 0 bridgehead atoms. The van der Waals surface area contributed by atoms with E-state index in [-0.39, 0.29) is 16.3 Å². The van der Waals surface area contributed by atoms with Crippen LogP contribution in [0.15, 0.2) is 58.3 Å². The van der Waals surface area contributed by atoms with Gasteiger partial charge in [0.1, 0.15) is 5.01 Å². The fourth-order valence-corrected chi connectivity index (χ4v) is 4.72. The molecular formula is C15H14N2O4S3. The highest BCUT2D eigenvalue weighted by Crippen LogP contribution is 2.22. The number of sulfonamides is 1. The number of sulfone groups is 1. The van der Waals surface area contributed by atoms with Crippen molar-refractivity contribution in [2.75, 3.05) is 6.26 Å². The molecule has 0 spiro atoms. The summed E-state index contributed by atoms with van der Waals surface area (Å²) >= 11 is 1.42. The molecule has 1 N–H and O–H groups in total. The molecule has 126 valence electrons. The number of para-hydroxylation sites is 1. The van der Waals surface area contributed by atoms with Gasteiger partial charge in [-0.25, -0.2) is 26.5 Å². The highest BCUT2D eigenvalue weighted by molar-refractivity contribution is 7.90. The summed E-state index contributed by atoms with van der Waals surface area (Å²) in [5.41, 5.74) is 0.828. The van der Waals surface area contributed by atoms with Crippen LogP contribution in [0, 0.1) is 0 Å². The van der Waals surface area contributed by atoms with Crippen molar-refractivity contribution in [2.24, 2.45) is 0 Å². The van der Waals surface area contributed by atoms with Crippen LogP contribution in [0.2, 0.25) is 0 Å². The van der Waals surface area contributed by atoms with E-state index >= 15 is 0 Å². The lowest BCUT2D eigenvalue weighted by Crippen LogP contribution is -2.23. The van der Waals surface area contributed by atoms with Gasteiger partial charge in [0.15, 0.2) is 9.84 Å². The third-order valence-electron chi connectivity index (χ3n) is 3.31. The summed E-state index contributed by atoms with van der Waals surface area (Å²) in [6, 6.07) is 12.7. The minimum Gasteiger partial charge on any atom is -0.240 e. The number of rotatable bonds is 5. The molecule has 9 heteroatoms. The monoisotopic (exact) mass is 382 g/mol. The van der Waals surface area contributed by atoms with Crippen LogP contribution in [0.25, 0.3) is 10.2 Å². The second-order valence-electron chi connectivity index (χ2n) is 5.14. The van der Waals surface area contributed by atoms with E-state index in [9.17, 15) is 16.8 Å². The van der Waals surface area contributed by atoms with E-state index in [2.05, 4.69) is 9.71 Å². The molecule has 3 rings (SSSR count). The van der Waals surface area contributed by atoms with Crippen LogP contribution >= 0.6 is 11.3 Å². The molecule has 0 saturated heterocycles. The number of fused-ring (bicyclic) bond motifs is 1. The molecule has 0 atom stereocenters. The Morgan fingerprint density at radius 1 is 0.958 bits per heavy atom. The quantitative estimate of drug-likeness (QED) is 0.730. The van der Waals surface area contributed by atoms with Crippen molar-refractivity contribution in [1.29, 1.82) is 0 Å². The number of aromatic nitrogens is 1. The number of benzene rings is 2. The summed E-state index contributed by atoms with van der Waals surface area (Å²) in [5, 5.41) is 0.660. The number of nitrogens with one attached hydrogen (secondary N) is 1. The van der Waals surface area contributed by atoms with Crippen molar-refractivity contribution in [3.63, 3.8) is 0 Å². The zero-order valence-corrected chi connectivity index (χ0v) is 15.1. The Morgan fingerprint density at radius 3 is 2.21 bits per heavy atom. The molecule has 0 aliphatic heterocycles. The molecule has 0 aliphatic rings. The first-order chi connectivity index (χ1) is 11.3. The molecule has 0 saturated carbocycles. The minimum absolute atomic E-state index is 0.0102. The van der Waals surface area contributed by atoms with Crippen LogP contribution in [0.1, 0.15) is 5.01 Å². The topological polar surface area (TPSA) is 93.2 Å². The third-order valence-corrected chi connectivity index (χ3v) is 6.90. The van der Waals surface area contributed by atoms with Crippen LogP contribution in [0.4, 0.5) is 0 Å². The molecular weight excluding hydrogens is 368 g/mol. The van der Waals surface area contributed by atoms with Gasteiger partial charge in [-0.3, -0.25) is 0 Å². The second-order valence-corrected chi connectivity index (χ2v) is 10.0. The van der Waals surface area contributed by atoms with Gasteiger partial charge in [0.25, 0.3) is 0 Å². The van der Waals surface area contributed by atoms with Crippen LogP contribution in [-0.4, -0.2) is 28.1 Å². The summed E-state index contributed by atoms with van der Waals surface area (Å²) in [6.45, 7) is 0.0789. The molecule has 2 aromatic carbocycles. The standard InChI is InChI=1S/C15H14N2O4S3/c1-23(18,19)11-6-8-12(9-7-11)24(20,21)16-10-15-17-13-4-2-3-5-14(13)22-15/h2-9,16H,10H2,1H3. The highest BCUT2D eigenvalue weighted by Gasteiger charge is 2.16. The summed E-state index contributed by atoms with van der Waals surface area (Å²) in [5.74, 6) is 0. The Hall–Kier alpha value is -1.81. The van der Waals surface area contributed by atoms with Gasteiger partial charge < -0.3 is 0 Å². The molecule has 6 nitrogen and oxygen atoms in total. The van der Waals surface area contributed by atoms with Gasteiger partial charge >= 0.3 is 0 Å². The van der Waals surface area contributed by atoms with Crippen LogP contribution in [0.5, 0.6) is 0 Å². The van der Waals surface area contributed by atoms with Gasteiger partial charge in [-0.15, -0.1) is 11.3 Å². The number of hydrogen-bond donors (Lipinski definition) is 1. The molecule has 1 heterocycles. The van der Waals surface area contributed by atoms with Crippen molar-refractivity contribution >= 4 is 41.4 Å². The third kappa shape index (κ3) is 3.64. The largest absolute Gasteiger partial charge is 0.240 e. The zero-order chi connectivity index (χ0) is 17.4. The van der Waals surface area contributed by atoms with Gasteiger partial charge in [-0.05, 0) is 36.4 Å². The van der Waals surface area contributed by atoms with Gasteiger partial charge in [-0.2, -0.15) is 0 Å². The van der Waals surface area contributed by atoms with E-state index in [0.717, 1.165) is 16.5 Å². The maximum Gasteiger partial charge on any atom is 0.240 e. The summed E-state index contributed by atoms with van der Waals surface area (Å²) in [7, 11) is -7.10. The summed E-state index contributed by atoms with van der Waals surface area (Å²) < 4.78 is 50.9. The fourth-order valence-electron chi connectivity index (χ4n) is 2.10. The zero-order valence-electron chi connectivity index (χ0n) is 12.6. The lowest BCUT2D eigenvalue weighted by Gasteiger charge is -2.06. The Labute approximate surface area is 144 Å². The van der Waals surface area contributed by atoms with Crippen LogP contribution < -0.4 is 4.72 Å². The Bertz CT molecular complexity index is 1050. The predicted octanol–water partition coefficient (Wildman–Crippen LogP) is 2.18. The number of nitrogens with zero attached hydrogens (tertiary/aromatic N) is 1. The molecule has 0 unspecified atom stereocenters. The van der Waals surface area contributed by atoms with Gasteiger partial charge in [-0.1, -0.05) is 12.1 Å². The highest BCUT2D eigenvalue weighted by atomic mass is 32.2. The first-order valence-corrected chi connectivity index (χ1v) is 11.1. The first-order valence-electron chi connectivity index (χ1n) is 6.90. The number of thiazole rings is 1. The van der Waals surface area contributed by atoms with Crippen molar-refractivity contribution in [2.45, 2.75) is 16.3 Å². The minimum atomic E-state index is -3.74. The van der Waals surface area contributed by atoms with Crippen molar-refractivity contribution in [3.05, 3.63) is 53.5 Å². The Morgan fingerprint density at radius 2 is 1.58 bits per heavy atom. The lowest BCUT2D eigenvalue weighted by molar-refractivity contribution is 0.580. The van der Waals surface area contributed by atoms with Crippen molar-refractivity contribution < 1.29 is 16.8 Å². The van der Waals surface area contributed by atoms with Gasteiger partial charge in [0.2, 0.25) is 10.0 Å². The molecule has 0 amide bonds. The average Bonchev–Trinajstić information content (AvgIpc) is 2.95. The second kappa shape index (κ2) is 6.25. The predicted molar refractivity (Wildman–Crippen MR) is 93.2 cm³/mol. The van der Waals surface area contributed by atoms with Gasteiger partial charge in [0, 0.05) is 6.26 Å². The normalized spacial score (nSPS) is 12.5. The number of hydrogen-bond acceptors (Lipinski definition) is 6. The molecule has 24 heavy (non-hydrogen) atoms. The molecule has 3 aromatic rings. The average molecular weight is 382 g/mol. The van der Waals surface area contributed by atoms with E-state index in [0.29, 0.717) is 5.01 Å². The van der Waals surface area contributed by atoms with E-state index < -0.39 is 19.9 Å². The fraction of sp³-hybridized carbons (Fsp3) is 0.133. The van der Waals surface area contributed by atoms with E-state index in [1.54, 1.807) is 0 Å². The van der Waals surface area contributed by atoms with Crippen molar-refractivity contribution in [1.82, 2.24) is 9.71 Å². The van der Waals surface area contributed by atoms with Gasteiger partial charge in [0.05, 0.1) is 26.6 Å². The smallest absolute Gasteiger partial charge is 0.240 e. The lowest BCUT2D eigenvalue weighted by atomic mass is 10.3. The molecule has 0 aliphatic carbocycles. The molecule has 0 radical (unpaired) electrons. The maximum absolute atomic E-state index is 12.3. The first kappa shape index (κ1) is 17.0. The Kier molecular flexibility index (Phi) is 4.43. The Balaban J connectivity index is 1.78. The van der Waals surface area contributed by atoms with Crippen LogP contribution in [-0.2, 0) is 26.4 Å². The summed E-state index contributed by atoms with van der Waals surface area (Å²) in [4.78, 5) is 4.45. The van der Waals surface area contributed by atoms with E-state index in [1.165, 1.54) is 35.6 Å². The summed E-state index contributed by atoms with van der Waals surface area (Å²) in [6.07, 6.45) is 1.07. The van der Waals surface area contributed by atoms with E-state index in [4.69, 9.17) is 0 Å². The SMILES string of the molecule is CS(=O)(=O)c1ccc(S(=O)(=O)NCc2nc3ccccc3s2)cc1.